The molecule has 1 atom stereocenters. The van der Waals surface area contributed by atoms with Crippen molar-refractivity contribution in [3.8, 4) is 23.1 Å². The summed E-state index contributed by atoms with van der Waals surface area (Å²) in [5.74, 6) is -1.28. The van der Waals surface area contributed by atoms with Crippen LogP contribution in [-0.2, 0) is 12.6 Å². The van der Waals surface area contributed by atoms with Crippen LogP contribution in [0.15, 0.2) is 60.8 Å². The number of nitrogens with zero attached hydrogens (tertiary/aromatic N) is 2. The first kappa shape index (κ1) is 21.8. The molecule has 0 bridgehead atoms. The van der Waals surface area contributed by atoms with Crippen LogP contribution in [-0.4, -0.2) is 22.4 Å². The fourth-order valence-corrected chi connectivity index (χ4v) is 2.87. The van der Waals surface area contributed by atoms with Crippen LogP contribution >= 0.6 is 0 Å². The maximum Gasteiger partial charge on any atom is 0.416 e. The summed E-state index contributed by atoms with van der Waals surface area (Å²) >= 11 is 0. The van der Waals surface area contributed by atoms with Crippen molar-refractivity contribution in [3.63, 3.8) is 0 Å². The highest BCUT2D eigenvalue weighted by Crippen LogP contribution is 2.30. The lowest BCUT2D eigenvalue weighted by molar-refractivity contribution is -0.137. The van der Waals surface area contributed by atoms with Gasteiger partial charge >= 0.3 is 12.1 Å². The molecule has 0 aliphatic carbocycles. The molecule has 1 heterocycles. The van der Waals surface area contributed by atoms with E-state index in [2.05, 4.69) is 4.98 Å². The predicted molar refractivity (Wildman–Crippen MR) is 102 cm³/mol. The van der Waals surface area contributed by atoms with Gasteiger partial charge < -0.3 is 9.84 Å². The maximum atomic E-state index is 14.4. The highest BCUT2D eigenvalue weighted by molar-refractivity contribution is 5.94. The van der Waals surface area contributed by atoms with Gasteiger partial charge in [-0.1, -0.05) is 12.1 Å². The minimum atomic E-state index is -4.48. The molecule has 1 N–H and O–H groups in total. The summed E-state index contributed by atoms with van der Waals surface area (Å²) in [6.45, 7) is 0. The second-order valence-corrected chi connectivity index (χ2v) is 6.45. The minimum absolute atomic E-state index is 0.0467. The summed E-state index contributed by atoms with van der Waals surface area (Å²) in [5, 5.41) is 18.7. The van der Waals surface area contributed by atoms with Gasteiger partial charge in [0.2, 0.25) is 6.36 Å². The Bertz CT molecular complexity index is 1140. The molecule has 0 spiro atoms. The number of hydrogen-bond acceptors (Lipinski definition) is 4. The average Bonchev–Trinajstić information content (AvgIpc) is 2.73. The summed E-state index contributed by atoms with van der Waals surface area (Å²) < 4.78 is 57.4. The van der Waals surface area contributed by atoms with Crippen LogP contribution in [0.3, 0.4) is 0 Å². The molecule has 0 amide bonds. The number of carbonyl (C=O) groups is 1. The van der Waals surface area contributed by atoms with Crippen molar-refractivity contribution in [1.29, 1.82) is 5.26 Å². The summed E-state index contributed by atoms with van der Waals surface area (Å²) in [6, 6.07) is 12.8. The van der Waals surface area contributed by atoms with E-state index in [1.165, 1.54) is 36.5 Å². The van der Waals surface area contributed by atoms with E-state index in [9.17, 15) is 32.7 Å². The van der Waals surface area contributed by atoms with E-state index >= 15 is 0 Å². The second kappa shape index (κ2) is 8.83. The number of carboxylic acids is 1. The number of aromatic carboxylic acids is 1. The topological polar surface area (TPSA) is 83.2 Å². The standard InChI is InChI=1S/C22H14F4N2O3/c23-19(10-13-3-6-16(7-4-13)22(24,25)26)31-18-8-5-14(11-15(18)12-27)20-17(21(29)30)2-1-9-28-20/h1-9,11,19H,10H2,(H,29,30). The molecule has 158 valence electrons. The van der Waals surface area contributed by atoms with E-state index in [4.69, 9.17) is 4.74 Å². The fourth-order valence-electron chi connectivity index (χ4n) is 2.87. The Morgan fingerprint density at radius 2 is 1.87 bits per heavy atom. The molecule has 0 aliphatic rings. The molecule has 3 aromatic rings. The first-order chi connectivity index (χ1) is 14.7. The number of alkyl halides is 4. The van der Waals surface area contributed by atoms with Gasteiger partial charge in [-0.05, 0) is 48.0 Å². The van der Waals surface area contributed by atoms with E-state index in [1.54, 1.807) is 0 Å². The summed E-state index contributed by atoms with van der Waals surface area (Å²) in [4.78, 5) is 15.4. The van der Waals surface area contributed by atoms with Gasteiger partial charge in [-0.3, -0.25) is 4.98 Å². The Hall–Kier alpha value is -3.93. The fraction of sp³-hybridized carbons (Fsp3) is 0.136. The van der Waals surface area contributed by atoms with Crippen LogP contribution in [0.5, 0.6) is 5.75 Å². The van der Waals surface area contributed by atoms with Gasteiger partial charge in [0.25, 0.3) is 0 Å². The van der Waals surface area contributed by atoms with Gasteiger partial charge in [0.1, 0.15) is 11.8 Å². The van der Waals surface area contributed by atoms with Gasteiger partial charge in [0.05, 0.1) is 22.4 Å². The van der Waals surface area contributed by atoms with Crippen molar-refractivity contribution in [2.45, 2.75) is 19.0 Å². The normalized spacial score (nSPS) is 12.1. The number of ether oxygens (including phenoxy) is 1. The SMILES string of the molecule is N#Cc1cc(-c2ncccc2C(=O)O)ccc1OC(F)Cc1ccc(C(F)(F)F)cc1. The highest BCUT2D eigenvalue weighted by atomic mass is 19.4. The molecule has 1 aromatic heterocycles. The zero-order valence-corrected chi connectivity index (χ0v) is 15.7. The molecule has 0 saturated carbocycles. The number of halogens is 4. The van der Waals surface area contributed by atoms with Crippen molar-refractivity contribution >= 4 is 5.97 Å². The average molecular weight is 430 g/mol. The molecule has 31 heavy (non-hydrogen) atoms. The number of nitriles is 1. The number of benzene rings is 2. The molecule has 9 heteroatoms. The predicted octanol–water partition coefficient (Wildman–Crippen LogP) is 5.25. The Balaban J connectivity index is 1.78. The molecule has 2 aromatic carbocycles. The Labute approximate surface area is 174 Å². The minimum Gasteiger partial charge on any atom is -0.478 e. The number of rotatable bonds is 6. The smallest absolute Gasteiger partial charge is 0.416 e. The van der Waals surface area contributed by atoms with Gasteiger partial charge in [-0.2, -0.15) is 18.4 Å². The lowest BCUT2D eigenvalue weighted by Crippen LogP contribution is -2.14. The second-order valence-electron chi connectivity index (χ2n) is 6.45. The van der Waals surface area contributed by atoms with Crippen LogP contribution in [0, 0.1) is 11.3 Å². The quantitative estimate of drug-likeness (QED) is 0.540. The zero-order valence-electron chi connectivity index (χ0n) is 15.7. The van der Waals surface area contributed by atoms with Crippen LogP contribution in [0.1, 0.15) is 27.0 Å². The van der Waals surface area contributed by atoms with Gasteiger partial charge in [-0.15, -0.1) is 0 Å². The lowest BCUT2D eigenvalue weighted by atomic mass is 10.0. The van der Waals surface area contributed by atoms with Gasteiger partial charge in [0.15, 0.2) is 0 Å². The van der Waals surface area contributed by atoms with Crippen molar-refractivity contribution in [2.75, 3.05) is 0 Å². The number of pyridine rings is 1. The van der Waals surface area contributed by atoms with Gasteiger partial charge in [-0.25, -0.2) is 9.18 Å². The maximum absolute atomic E-state index is 14.4. The third-order valence-corrected chi connectivity index (χ3v) is 4.34. The third-order valence-electron chi connectivity index (χ3n) is 4.34. The Kier molecular flexibility index (Phi) is 6.20. The van der Waals surface area contributed by atoms with Crippen LogP contribution in [0.4, 0.5) is 17.6 Å². The summed E-state index contributed by atoms with van der Waals surface area (Å²) in [5.41, 5.74) is -0.194. The summed E-state index contributed by atoms with van der Waals surface area (Å²) in [6.07, 6.45) is -5.32. The van der Waals surface area contributed by atoms with Crippen LogP contribution in [0.25, 0.3) is 11.3 Å². The van der Waals surface area contributed by atoms with Crippen LogP contribution < -0.4 is 4.74 Å². The molecule has 0 saturated heterocycles. The number of hydrogen-bond donors (Lipinski definition) is 1. The molecule has 5 nitrogen and oxygen atoms in total. The molecule has 1 unspecified atom stereocenters. The van der Waals surface area contributed by atoms with E-state index in [1.807, 2.05) is 6.07 Å². The Morgan fingerprint density at radius 1 is 1.16 bits per heavy atom. The third kappa shape index (κ3) is 5.17. The van der Waals surface area contributed by atoms with Crippen molar-refractivity contribution in [1.82, 2.24) is 4.98 Å². The van der Waals surface area contributed by atoms with Crippen molar-refractivity contribution in [3.05, 3.63) is 83.0 Å². The molecule has 0 radical (unpaired) electrons. The summed E-state index contributed by atoms with van der Waals surface area (Å²) in [7, 11) is 0. The van der Waals surface area contributed by atoms with E-state index in [0.29, 0.717) is 5.56 Å². The molecular formula is C22H14F4N2O3. The van der Waals surface area contributed by atoms with Crippen LogP contribution in [0.2, 0.25) is 0 Å². The largest absolute Gasteiger partial charge is 0.478 e. The monoisotopic (exact) mass is 430 g/mol. The molecule has 0 fully saturated rings. The first-order valence-corrected chi connectivity index (χ1v) is 8.88. The van der Waals surface area contributed by atoms with Crippen molar-refractivity contribution in [2.24, 2.45) is 0 Å². The van der Waals surface area contributed by atoms with E-state index in [0.717, 1.165) is 24.3 Å². The number of aromatic nitrogens is 1. The molecular weight excluding hydrogens is 416 g/mol. The zero-order chi connectivity index (χ0) is 22.6. The number of carboxylic acid groups (broad SMARTS) is 1. The van der Waals surface area contributed by atoms with Gasteiger partial charge in [0, 0.05) is 18.2 Å². The lowest BCUT2D eigenvalue weighted by Gasteiger charge is -2.14. The first-order valence-electron chi connectivity index (χ1n) is 8.88. The molecule has 0 aliphatic heterocycles. The Morgan fingerprint density at radius 3 is 2.48 bits per heavy atom. The van der Waals surface area contributed by atoms with Crippen molar-refractivity contribution < 1.29 is 32.2 Å². The van der Waals surface area contributed by atoms with E-state index in [-0.39, 0.29) is 34.6 Å². The molecule has 3 rings (SSSR count). The van der Waals surface area contributed by atoms with E-state index < -0.39 is 24.1 Å². The highest BCUT2D eigenvalue weighted by Gasteiger charge is 2.30.